The van der Waals surface area contributed by atoms with Crippen molar-refractivity contribution < 1.29 is 14.3 Å². The summed E-state index contributed by atoms with van der Waals surface area (Å²) in [4.78, 5) is 14.8. The van der Waals surface area contributed by atoms with E-state index in [-0.39, 0.29) is 17.6 Å². The Morgan fingerprint density at radius 2 is 2.00 bits per heavy atom. The molecule has 0 aliphatic heterocycles. The zero-order valence-corrected chi connectivity index (χ0v) is 13.9. The number of carbonyl (C=O) groups is 1. The topological polar surface area (TPSA) is 49.3 Å². The molecule has 0 bridgehead atoms. The van der Waals surface area contributed by atoms with Gasteiger partial charge in [-0.05, 0) is 50.1 Å². The lowest BCUT2D eigenvalue weighted by molar-refractivity contribution is -0.123. The van der Waals surface area contributed by atoms with E-state index in [0.717, 1.165) is 6.42 Å². The molecule has 2 aromatic rings. The molecule has 122 valence electrons. The minimum Gasteiger partial charge on any atom is -0.386 e. The van der Waals surface area contributed by atoms with Gasteiger partial charge in [-0.15, -0.1) is 11.3 Å². The molecule has 4 unspecified atom stereocenters. The van der Waals surface area contributed by atoms with Gasteiger partial charge in [0.25, 0.3) is 0 Å². The van der Waals surface area contributed by atoms with Crippen molar-refractivity contribution in [3.8, 4) is 0 Å². The fourth-order valence-corrected chi connectivity index (χ4v) is 3.87. The molecule has 23 heavy (non-hydrogen) atoms. The van der Waals surface area contributed by atoms with E-state index in [0.29, 0.717) is 11.5 Å². The minimum absolute atomic E-state index is 0.00378. The summed E-state index contributed by atoms with van der Waals surface area (Å²) in [6, 6.07) is 9.45. The van der Waals surface area contributed by atoms with Gasteiger partial charge in [0.2, 0.25) is 5.91 Å². The molecule has 0 spiro atoms. The maximum Gasteiger partial charge on any atom is 0.224 e. The molecule has 1 heterocycles. The molecule has 1 saturated carbocycles. The van der Waals surface area contributed by atoms with E-state index in [1.54, 1.807) is 18.3 Å². The van der Waals surface area contributed by atoms with Crippen molar-refractivity contribution in [1.82, 2.24) is 5.32 Å². The van der Waals surface area contributed by atoms with Crippen LogP contribution in [0.3, 0.4) is 0 Å². The highest BCUT2D eigenvalue weighted by Crippen LogP contribution is 2.49. The van der Waals surface area contributed by atoms with E-state index < -0.39 is 12.1 Å². The number of aryl methyl sites for hydroxylation is 1. The molecule has 1 aliphatic carbocycles. The largest absolute Gasteiger partial charge is 0.386 e. The second-order valence-electron chi connectivity index (χ2n) is 6.19. The zero-order chi connectivity index (χ0) is 16.6. The van der Waals surface area contributed by atoms with Crippen LogP contribution in [0.25, 0.3) is 0 Å². The average Bonchev–Trinajstić information content (AvgIpc) is 3.22. The van der Waals surface area contributed by atoms with E-state index in [1.165, 1.54) is 34.0 Å². The maximum atomic E-state index is 12.9. The molecule has 0 radical (unpaired) electrons. The lowest BCUT2D eigenvalue weighted by Gasteiger charge is -2.20. The Labute approximate surface area is 139 Å². The molecule has 5 heteroatoms. The molecular weight excluding hydrogens is 313 g/mol. The second kappa shape index (κ2) is 6.42. The number of hydrogen-bond acceptors (Lipinski definition) is 3. The number of halogens is 1. The monoisotopic (exact) mass is 333 g/mol. The van der Waals surface area contributed by atoms with Crippen LogP contribution in [0.5, 0.6) is 0 Å². The van der Waals surface area contributed by atoms with Crippen molar-refractivity contribution in [3.63, 3.8) is 0 Å². The van der Waals surface area contributed by atoms with Gasteiger partial charge in [-0.3, -0.25) is 4.79 Å². The van der Waals surface area contributed by atoms with Crippen LogP contribution in [0.1, 0.15) is 40.7 Å². The third-order valence-corrected chi connectivity index (χ3v) is 5.44. The van der Waals surface area contributed by atoms with Crippen molar-refractivity contribution >= 4 is 17.2 Å². The molecule has 4 atom stereocenters. The van der Waals surface area contributed by atoms with E-state index in [2.05, 4.69) is 24.4 Å². The Balaban J connectivity index is 1.56. The molecule has 1 aromatic heterocycles. The summed E-state index contributed by atoms with van der Waals surface area (Å²) in [5, 5.41) is 13.2. The minimum atomic E-state index is -0.847. The van der Waals surface area contributed by atoms with Crippen molar-refractivity contribution in [2.75, 3.05) is 0 Å². The Kier molecular flexibility index (Phi) is 4.50. The lowest BCUT2D eigenvalue weighted by Crippen LogP contribution is -2.38. The summed E-state index contributed by atoms with van der Waals surface area (Å²) < 4.78 is 12.9. The van der Waals surface area contributed by atoms with Crippen LogP contribution >= 0.6 is 11.3 Å². The first-order valence-electron chi connectivity index (χ1n) is 7.76. The molecule has 1 aromatic carbocycles. The summed E-state index contributed by atoms with van der Waals surface area (Å²) in [6.07, 6.45) is 0.0197. The molecule has 3 rings (SSSR count). The van der Waals surface area contributed by atoms with Crippen LogP contribution < -0.4 is 5.32 Å². The van der Waals surface area contributed by atoms with Crippen LogP contribution in [0.2, 0.25) is 0 Å². The van der Waals surface area contributed by atoms with Crippen LogP contribution in [-0.4, -0.2) is 17.1 Å². The van der Waals surface area contributed by atoms with Crippen molar-refractivity contribution in [2.24, 2.45) is 5.92 Å². The number of amides is 1. The molecule has 0 saturated heterocycles. The number of aliphatic hydroxyl groups excluding tert-OH is 1. The van der Waals surface area contributed by atoms with Crippen molar-refractivity contribution in [1.29, 1.82) is 0 Å². The molecule has 1 fully saturated rings. The Morgan fingerprint density at radius 1 is 1.30 bits per heavy atom. The summed E-state index contributed by atoms with van der Waals surface area (Å²) in [7, 11) is 0. The standard InChI is InChI=1S/C18H20FNO2S/c1-10-3-8-16(23-10)14-9-15(14)18(22)20-11(2)17(21)12-4-6-13(19)7-5-12/h3-8,11,14-15,17,21H,9H2,1-2H3,(H,20,22). The number of benzene rings is 1. The highest BCUT2D eigenvalue weighted by molar-refractivity contribution is 7.12. The summed E-state index contributed by atoms with van der Waals surface area (Å²) in [5.74, 6) is -0.0563. The lowest BCUT2D eigenvalue weighted by atomic mass is 10.0. The van der Waals surface area contributed by atoms with Crippen LogP contribution in [0.4, 0.5) is 4.39 Å². The number of thiophene rings is 1. The van der Waals surface area contributed by atoms with Gasteiger partial charge >= 0.3 is 0 Å². The Bertz CT molecular complexity index is 697. The van der Waals surface area contributed by atoms with Gasteiger partial charge in [-0.2, -0.15) is 0 Å². The third kappa shape index (κ3) is 3.62. The van der Waals surface area contributed by atoms with Gasteiger partial charge < -0.3 is 10.4 Å². The predicted octanol–water partition coefficient (Wildman–Crippen LogP) is 3.54. The molecule has 3 nitrogen and oxygen atoms in total. The quantitative estimate of drug-likeness (QED) is 0.879. The third-order valence-electron chi connectivity index (χ3n) is 4.31. The number of nitrogens with one attached hydrogen (secondary N) is 1. The first kappa shape index (κ1) is 16.1. The van der Waals surface area contributed by atoms with E-state index in [9.17, 15) is 14.3 Å². The molecular formula is C18H20FNO2S. The van der Waals surface area contributed by atoms with Crippen molar-refractivity contribution in [3.05, 3.63) is 57.5 Å². The highest BCUT2D eigenvalue weighted by Gasteiger charge is 2.45. The highest BCUT2D eigenvalue weighted by atomic mass is 32.1. The van der Waals surface area contributed by atoms with Crippen LogP contribution in [0.15, 0.2) is 36.4 Å². The molecule has 1 aliphatic rings. The number of aliphatic hydroxyl groups is 1. The van der Waals surface area contributed by atoms with Crippen molar-refractivity contribution in [2.45, 2.75) is 38.3 Å². The molecule has 1 amide bonds. The van der Waals surface area contributed by atoms with Crippen LogP contribution in [-0.2, 0) is 4.79 Å². The second-order valence-corrected chi connectivity index (χ2v) is 7.51. The van der Waals surface area contributed by atoms with Crippen LogP contribution in [0, 0.1) is 18.7 Å². The smallest absolute Gasteiger partial charge is 0.224 e. The van der Waals surface area contributed by atoms with Gasteiger partial charge in [-0.1, -0.05) is 12.1 Å². The number of hydrogen-bond donors (Lipinski definition) is 2. The van der Waals surface area contributed by atoms with Gasteiger partial charge in [0.05, 0.1) is 12.1 Å². The number of rotatable bonds is 5. The summed E-state index contributed by atoms with van der Waals surface area (Å²) in [5.41, 5.74) is 0.598. The van der Waals surface area contributed by atoms with Gasteiger partial charge in [0.15, 0.2) is 0 Å². The predicted molar refractivity (Wildman–Crippen MR) is 88.9 cm³/mol. The molecule has 2 N–H and O–H groups in total. The average molecular weight is 333 g/mol. The zero-order valence-electron chi connectivity index (χ0n) is 13.1. The summed E-state index contributed by atoms with van der Waals surface area (Å²) in [6.45, 7) is 3.82. The van der Waals surface area contributed by atoms with Gasteiger partial charge in [0.1, 0.15) is 5.82 Å². The number of carbonyl (C=O) groups excluding carboxylic acids is 1. The first-order valence-corrected chi connectivity index (χ1v) is 8.57. The van der Waals surface area contributed by atoms with E-state index in [1.807, 2.05) is 0 Å². The maximum absolute atomic E-state index is 12.9. The normalized spacial score (nSPS) is 22.4. The van der Waals surface area contributed by atoms with E-state index in [4.69, 9.17) is 0 Å². The SMILES string of the molecule is Cc1ccc(C2CC2C(=O)NC(C)C(O)c2ccc(F)cc2)s1. The van der Waals surface area contributed by atoms with E-state index >= 15 is 0 Å². The fourth-order valence-electron chi connectivity index (χ4n) is 2.81. The van der Waals surface area contributed by atoms with Gasteiger partial charge in [0, 0.05) is 21.6 Å². The Hall–Kier alpha value is -1.72. The fraction of sp³-hybridized carbons (Fsp3) is 0.389. The van der Waals surface area contributed by atoms with Gasteiger partial charge in [-0.25, -0.2) is 4.39 Å². The Morgan fingerprint density at radius 3 is 2.61 bits per heavy atom. The first-order chi connectivity index (χ1) is 11.0. The summed E-state index contributed by atoms with van der Waals surface area (Å²) >= 11 is 1.74.